The molecule has 1 aromatic rings. The van der Waals surface area contributed by atoms with Crippen LogP contribution in [0.25, 0.3) is 0 Å². The van der Waals surface area contributed by atoms with Gasteiger partial charge in [-0.1, -0.05) is 18.2 Å². The second kappa shape index (κ2) is 6.64. The Morgan fingerprint density at radius 2 is 1.89 bits per heavy atom. The predicted molar refractivity (Wildman–Crippen MR) is 69.3 cm³/mol. The van der Waals surface area contributed by atoms with Gasteiger partial charge in [0.25, 0.3) is 0 Å². The molecule has 0 radical (unpaired) electrons. The summed E-state index contributed by atoms with van der Waals surface area (Å²) < 4.78 is 4.57. The molecular formula is C13H18N2O3. The summed E-state index contributed by atoms with van der Waals surface area (Å²) in [6, 6.07) is 8.69. The lowest BCUT2D eigenvalue weighted by Gasteiger charge is -2.25. The highest BCUT2D eigenvalue weighted by molar-refractivity contribution is 5.91. The Bertz CT molecular complexity index is 404. The summed E-state index contributed by atoms with van der Waals surface area (Å²) in [7, 11) is 1.30. The van der Waals surface area contributed by atoms with E-state index in [0.717, 1.165) is 0 Å². The minimum atomic E-state index is -0.438. The lowest BCUT2D eigenvalue weighted by molar-refractivity contribution is -0.141. The van der Waals surface area contributed by atoms with Crippen LogP contribution in [0.5, 0.6) is 0 Å². The van der Waals surface area contributed by atoms with E-state index in [0.29, 0.717) is 5.69 Å². The standard InChI is InChI=1S/C13H18N2O3/c1-10(2)15(9-12(16)18-3)13(17)14-11-7-5-4-6-8-11/h4-8,10H,9H2,1-3H3,(H,14,17). The minimum Gasteiger partial charge on any atom is -0.468 e. The van der Waals surface area contributed by atoms with Crippen molar-refractivity contribution in [3.05, 3.63) is 30.3 Å². The van der Waals surface area contributed by atoms with E-state index in [4.69, 9.17) is 0 Å². The minimum absolute atomic E-state index is 0.0627. The summed E-state index contributed by atoms with van der Waals surface area (Å²) in [5, 5.41) is 2.73. The molecule has 0 spiro atoms. The van der Waals surface area contributed by atoms with Crippen LogP contribution in [0.4, 0.5) is 10.5 Å². The van der Waals surface area contributed by atoms with E-state index in [1.54, 1.807) is 12.1 Å². The molecule has 2 amide bonds. The largest absolute Gasteiger partial charge is 0.468 e. The molecule has 0 heterocycles. The van der Waals surface area contributed by atoms with E-state index in [1.807, 2.05) is 32.0 Å². The Balaban J connectivity index is 2.68. The summed E-state index contributed by atoms with van der Waals surface area (Å²) >= 11 is 0. The van der Waals surface area contributed by atoms with Crippen LogP contribution in [-0.2, 0) is 9.53 Å². The Morgan fingerprint density at radius 3 is 2.39 bits per heavy atom. The Kier molecular flexibility index (Phi) is 5.17. The molecule has 0 saturated carbocycles. The van der Waals surface area contributed by atoms with Crippen LogP contribution in [0.3, 0.4) is 0 Å². The van der Waals surface area contributed by atoms with E-state index in [9.17, 15) is 9.59 Å². The van der Waals surface area contributed by atoms with Crippen molar-refractivity contribution in [1.29, 1.82) is 0 Å². The zero-order valence-corrected chi connectivity index (χ0v) is 10.8. The molecule has 1 rings (SSSR count). The van der Waals surface area contributed by atoms with Gasteiger partial charge in [-0.05, 0) is 26.0 Å². The zero-order valence-electron chi connectivity index (χ0n) is 10.8. The molecule has 0 fully saturated rings. The number of ether oxygens (including phenoxy) is 1. The number of hydrogen-bond donors (Lipinski definition) is 1. The van der Waals surface area contributed by atoms with Crippen molar-refractivity contribution in [1.82, 2.24) is 4.90 Å². The average molecular weight is 250 g/mol. The first-order chi connectivity index (χ1) is 8.54. The molecule has 18 heavy (non-hydrogen) atoms. The summed E-state index contributed by atoms with van der Waals surface area (Å²) in [5.41, 5.74) is 0.693. The van der Waals surface area contributed by atoms with E-state index >= 15 is 0 Å². The van der Waals surface area contributed by atoms with Crippen LogP contribution in [0, 0.1) is 0 Å². The van der Waals surface area contributed by atoms with Gasteiger partial charge in [-0.15, -0.1) is 0 Å². The van der Waals surface area contributed by atoms with E-state index in [2.05, 4.69) is 10.1 Å². The van der Waals surface area contributed by atoms with Crippen LogP contribution in [-0.4, -0.2) is 36.6 Å². The lowest BCUT2D eigenvalue weighted by atomic mass is 10.3. The Morgan fingerprint density at radius 1 is 1.28 bits per heavy atom. The summed E-state index contributed by atoms with van der Waals surface area (Å²) in [6.45, 7) is 3.62. The number of urea groups is 1. The second-order valence-electron chi connectivity index (χ2n) is 4.09. The number of hydrogen-bond acceptors (Lipinski definition) is 3. The van der Waals surface area contributed by atoms with Gasteiger partial charge in [0.1, 0.15) is 6.54 Å². The molecule has 0 bridgehead atoms. The first-order valence-corrected chi connectivity index (χ1v) is 5.74. The van der Waals surface area contributed by atoms with Gasteiger partial charge >= 0.3 is 12.0 Å². The highest BCUT2D eigenvalue weighted by atomic mass is 16.5. The number of anilines is 1. The van der Waals surface area contributed by atoms with E-state index < -0.39 is 5.97 Å². The predicted octanol–water partition coefficient (Wildman–Crippen LogP) is 2.10. The molecule has 5 nitrogen and oxygen atoms in total. The van der Waals surface area contributed by atoms with Crippen LogP contribution < -0.4 is 5.32 Å². The first-order valence-electron chi connectivity index (χ1n) is 5.74. The maximum atomic E-state index is 12.0. The molecular weight excluding hydrogens is 232 g/mol. The summed E-state index contributed by atoms with van der Waals surface area (Å²) in [4.78, 5) is 24.7. The number of rotatable bonds is 4. The third-order valence-electron chi connectivity index (χ3n) is 2.44. The van der Waals surface area contributed by atoms with Gasteiger partial charge in [0.2, 0.25) is 0 Å². The number of methoxy groups -OCH3 is 1. The van der Waals surface area contributed by atoms with Gasteiger partial charge in [-0.3, -0.25) is 4.79 Å². The summed E-state index contributed by atoms with van der Waals surface area (Å²) in [6.07, 6.45) is 0. The van der Waals surface area contributed by atoms with Gasteiger partial charge in [0.15, 0.2) is 0 Å². The van der Waals surface area contributed by atoms with Gasteiger partial charge in [0.05, 0.1) is 7.11 Å². The third-order valence-corrected chi connectivity index (χ3v) is 2.44. The second-order valence-corrected chi connectivity index (χ2v) is 4.09. The lowest BCUT2D eigenvalue weighted by Crippen LogP contribution is -2.43. The fourth-order valence-electron chi connectivity index (χ4n) is 1.41. The molecule has 0 aliphatic carbocycles. The summed E-state index contributed by atoms with van der Waals surface area (Å²) in [5.74, 6) is -0.438. The van der Waals surface area contributed by atoms with Crippen molar-refractivity contribution in [3.63, 3.8) is 0 Å². The van der Waals surface area contributed by atoms with Crippen molar-refractivity contribution in [2.75, 3.05) is 19.0 Å². The van der Waals surface area contributed by atoms with Gasteiger partial charge in [0, 0.05) is 11.7 Å². The third kappa shape index (κ3) is 4.08. The highest BCUT2D eigenvalue weighted by Gasteiger charge is 2.20. The molecule has 1 aromatic carbocycles. The van der Waals surface area contributed by atoms with Crippen LogP contribution in [0.2, 0.25) is 0 Å². The van der Waals surface area contributed by atoms with Crippen molar-refractivity contribution < 1.29 is 14.3 Å². The smallest absolute Gasteiger partial charge is 0.325 e. The quantitative estimate of drug-likeness (QED) is 0.832. The van der Waals surface area contributed by atoms with Crippen molar-refractivity contribution in [3.8, 4) is 0 Å². The van der Waals surface area contributed by atoms with Crippen LogP contribution in [0.1, 0.15) is 13.8 Å². The van der Waals surface area contributed by atoms with Crippen molar-refractivity contribution in [2.45, 2.75) is 19.9 Å². The van der Waals surface area contributed by atoms with Crippen LogP contribution >= 0.6 is 0 Å². The van der Waals surface area contributed by atoms with E-state index in [1.165, 1.54) is 12.0 Å². The average Bonchev–Trinajstić information content (AvgIpc) is 2.36. The van der Waals surface area contributed by atoms with Gasteiger partial charge in [-0.25, -0.2) is 4.79 Å². The number of nitrogens with zero attached hydrogens (tertiary/aromatic N) is 1. The Labute approximate surface area is 107 Å². The number of nitrogens with one attached hydrogen (secondary N) is 1. The van der Waals surface area contributed by atoms with Crippen LogP contribution in [0.15, 0.2) is 30.3 Å². The Hall–Kier alpha value is -2.04. The number of benzene rings is 1. The number of amides is 2. The topological polar surface area (TPSA) is 58.6 Å². The molecule has 0 unspecified atom stereocenters. The van der Waals surface area contributed by atoms with Crippen molar-refractivity contribution >= 4 is 17.7 Å². The van der Waals surface area contributed by atoms with Gasteiger partial charge in [-0.2, -0.15) is 0 Å². The normalized spacial score (nSPS) is 10.0. The zero-order chi connectivity index (χ0) is 13.5. The molecule has 1 N–H and O–H groups in total. The number of para-hydroxylation sites is 1. The number of carbonyl (C=O) groups excluding carboxylic acids is 2. The fraction of sp³-hybridized carbons (Fsp3) is 0.385. The molecule has 0 saturated heterocycles. The molecule has 0 atom stereocenters. The van der Waals surface area contributed by atoms with Crippen molar-refractivity contribution in [2.24, 2.45) is 0 Å². The molecule has 5 heteroatoms. The molecule has 98 valence electrons. The first kappa shape index (κ1) is 14.0. The molecule has 0 aliphatic heterocycles. The highest BCUT2D eigenvalue weighted by Crippen LogP contribution is 2.08. The number of carbonyl (C=O) groups is 2. The van der Waals surface area contributed by atoms with E-state index in [-0.39, 0.29) is 18.6 Å². The number of esters is 1. The monoisotopic (exact) mass is 250 g/mol. The van der Waals surface area contributed by atoms with Gasteiger partial charge < -0.3 is 15.0 Å². The SMILES string of the molecule is COC(=O)CN(C(=O)Nc1ccccc1)C(C)C. The molecule has 0 aliphatic rings. The maximum Gasteiger partial charge on any atom is 0.325 e. The molecule has 0 aromatic heterocycles. The fourth-order valence-corrected chi connectivity index (χ4v) is 1.41. The maximum absolute atomic E-state index is 12.0.